The van der Waals surface area contributed by atoms with Crippen LogP contribution in [0.3, 0.4) is 0 Å². The van der Waals surface area contributed by atoms with E-state index in [-0.39, 0.29) is 5.92 Å². The third-order valence-electron chi connectivity index (χ3n) is 2.90. The minimum absolute atomic E-state index is 0.288. The molecule has 3 nitrogen and oxygen atoms in total. The van der Waals surface area contributed by atoms with Crippen LogP contribution in [-0.4, -0.2) is 16.3 Å². The van der Waals surface area contributed by atoms with E-state index in [1.807, 2.05) is 30.5 Å². The first-order chi connectivity index (χ1) is 8.35. The Hall–Kier alpha value is -1.90. The van der Waals surface area contributed by atoms with Gasteiger partial charge in [0.15, 0.2) is 0 Å². The summed E-state index contributed by atoms with van der Waals surface area (Å²) in [5.41, 5.74) is 1.91. The zero-order chi connectivity index (χ0) is 12.1. The lowest BCUT2D eigenvalue weighted by Crippen LogP contribution is -2.03. The quantitative estimate of drug-likeness (QED) is 0.799. The first kappa shape index (κ1) is 11.6. The molecule has 0 aliphatic rings. The van der Waals surface area contributed by atoms with Crippen LogP contribution in [-0.2, 0) is 0 Å². The number of rotatable bonds is 5. The molecule has 1 N–H and O–H groups in total. The van der Waals surface area contributed by atoms with E-state index in [1.54, 1.807) is 6.20 Å². The number of aromatic nitrogens is 2. The third kappa shape index (κ3) is 2.61. The Balaban J connectivity index is 2.29. The zero-order valence-electron chi connectivity index (χ0n) is 9.89. The van der Waals surface area contributed by atoms with E-state index in [9.17, 15) is 4.79 Å². The Morgan fingerprint density at radius 2 is 2.12 bits per heavy atom. The smallest absolute Gasteiger partial charge is 0.150 e. The molecule has 0 saturated carbocycles. The lowest BCUT2D eigenvalue weighted by Gasteiger charge is -2.14. The van der Waals surface area contributed by atoms with Crippen molar-refractivity contribution in [2.45, 2.75) is 25.7 Å². The van der Waals surface area contributed by atoms with Crippen LogP contribution in [0.25, 0.3) is 0 Å². The standard InChI is InChI=1S/C14H16N2O/c1-2-3-13(14-15-8-9-16-14)12-6-4-11(10-17)5-7-12/h4-10,13H,2-3H2,1H3,(H,15,16). The number of hydrogen-bond donors (Lipinski definition) is 1. The van der Waals surface area contributed by atoms with Gasteiger partial charge in [-0.05, 0) is 12.0 Å². The van der Waals surface area contributed by atoms with Crippen LogP contribution < -0.4 is 0 Å². The van der Waals surface area contributed by atoms with Gasteiger partial charge in [0.2, 0.25) is 0 Å². The van der Waals surface area contributed by atoms with E-state index in [0.29, 0.717) is 5.56 Å². The molecule has 1 atom stereocenters. The van der Waals surface area contributed by atoms with Crippen molar-refractivity contribution in [1.29, 1.82) is 0 Å². The summed E-state index contributed by atoms with van der Waals surface area (Å²) >= 11 is 0. The van der Waals surface area contributed by atoms with Crippen LogP contribution >= 0.6 is 0 Å². The van der Waals surface area contributed by atoms with Gasteiger partial charge >= 0.3 is 0 Å². The number of H-pyrrole nitrogens is 1. The molecule has 0 aliphatic heterocycles. The minimum atomic E-state index is 0.288. The van der Waals surface area contributed by atoms with Gasteiger partial charge in [-0.1, -0.05) is 37.6 Å². The van der Waals surface area contributed by atoms with Crippen molar-refractivity contribution in [3.63, 3.8) is 0 Å². The normalized spacial score (nSPS) is 12.3. The van der Waals surface area contributed by atoms with Crippen LogP contribution in [0.2, 0.25) is 0 Å². The molecule has 1 heterocycles. The van der Waals surface area contributed by atoms with Crippen LogP contribution in [0.1, 0.15) is 47.4 Å². The maximum absolute atomic E-state index is 10.6. The van der Waals surface area contributed by atoms with Gasteiger partial charge in [-0.25, -0.2) is 4.98 Å². The summed E-state index contributed by atoms with van der Waals surface area (Å²) < 4.78 is 0. The largest absolute Gasteiger partial charge is 0.348 e. The van der Waals surface area contributed by atoms with Gasteiger partial charge in [-0.3, -0.25) is 4.79 Å². The fourth-order valence-electron chi connectivity index (χ4n) is 2.02. The molecule has 0 aliphatic carbocycles. The number of carbonyl (C=O) groups excluding carboxylic acids is 1. The monoisotopic (exact) mass is 228 g/mol. The van der Waals surface area contributed by atoms with Gasteiger partial charge in [0.05, 0.1) is 0 Å². The van der Waals surface area contributed by atoms with Crippen molar-refractivity contribution >= 4 is 6.29 Å². The molecule has 2 aromatic rings. The summed E-state index contributed by atoms with van der Waals surface area (Å²) in [7, 11) is 0. The van der Waals surface area contributed by atoms with Crippen molar-refractivity contribution in [2.24, 2.45) is 0 Å². The first-order valence-electron chi connectivity index (χ1n) is 5.89. The van der Waals surface area contributed by atoms with Crippen LogP contribution in [0.5, 0.6) is 0 Å². The van der Waals surface area contributed by atoms with Crippen molar-refractivity contribution in [1.82, 2.24) is 9.97 Å². The lowest BCUT2D eigenvalue weighted by molar-refractivity contribution is 0.112. The molecule has 0 saturated heterocycles. The van der Waals surface area contributed by atoms with E-state index in [2.05, 4.69) is 16.9 Å². The lowest BCUT2D eigenvalue weighted by atomic mass is 9.93. The molecular formula is C14H16N2O. The second-order valence-electron chi connectivity index (χ2n) is 4.10. The number of carbonyl (C=O) groups is 1. The highest BCUT2D eigenvalue weighted by Crippen LogP contribution is 2.26. The first-order valence-corrected chi connectivity index (χ1v) is 5.89. The molecule has 17 heavy (non-hydrogen) atoms. The summed E-state index contributed by atoms with van der Waals surface area (Å²) in [6.07, 6.45) is 6.63. The SMILES string of the molecule is CCCC(c1ccc(C=O)cc1)c1ncc[nH]1. The molecule has 0 radical (unpaired) electrons. The fourth-order valence-corrected chi connectivity index (χ4v) is 2.02. The zero-order valence-corrected chi connectivity index (χ0v) is 9.89. The molecular weight excluding hydrogens is 212 g/mol. The van der Waals surface area contributed by atoms with Gasteiger partial charge in [0.1, 0.15) is 12.1 Å². The van der Waals surface area contributed by atoms with E-state index in [0.717, 1.165) is 25.0 Å². The highest BCUT2D eigenvalue weighted by molar-refractivity contribution is 5.74. The molecule has 0 fully saturated rings. The molecule has 0 amide bonds. The number of hydrogen-bond acceptors (Lipinski definition) is 2. The number of nitrogens with one attached hydrogen (secondary N) is 1. The Morgan fingerprint density at radius 1 is 1.35 bits per heavy atom. The molecule has 0 spiro atoms. The maximum Gasteiger partial charge on any atom is 0.150 e. The van der Waals surface area contributed by atoms with Gasteiger partial charge in [-0.2, -0.15) is 0 Å². The topological polar surface area (TPSA) is 45.8 Å². The molecule has 1 unspecified atom stereocenters. The average Bonchev–Trinajstić information content (AvgIpc) is 2.90. The van der Waals surface area contributed by atoms with Gasteiger partial charge in [0.25, 0.3) is 0 Å². The Bertz CT molecular complexity index is 459. The second kappa shape index (κ2) is 5.43. The van der Waals surface area contributed by atoms with Gasteiger partial charge < -0.3 is 4.98 Å². The molecule has 2 rings (SSSR count). The van der Waals surface area contributed by atoms with E-state index in [1.165, 1.54) is 5.56 Å². The summed E-state index contributed by atoms with van der Waals surface area (Å²) in [4.78, 5) is 18.1. The summed E-state index contributed by atoms with van der Waals surface area (Å²) in [5.74, 6) is 1.28. The van der Waals surface area contributed by atoms with E-state index in [4.69, 9.17) is 0 Å². The number of aldehydes is 1. The average molecular weight is 228 g/mol. The van der Waals surface area contributed by atoms with Crippen molar-refractivity contribution in [3.05, 3.63) is 53.6 Å². The van der Waals surface area contributed by atoms with Crippen LogP contribution in [0.4, 0.5) is 0 Å². The fraction of sp³-hybridized carbons (Fsp3) is 0.286. The van der Waals surface area contributed by atoms with Crippen molar-refractivity contribution in [2.75, 3.05) is 0 Å². The van der Waals surface area contributed by atoms with Gasteiger partial charge in [0, 0.05) is 23.9 Å². The Morgan fingerprint density at radius 3 is 2.65 bits per heavy atom. The molecule has 3 heteroatoms. The minimum Gasteiger partial charge on any atom is -0.348 e. The molecule has 1 aromatic heterocycles. The van der Waals surface area contributed by atoms with Crippen LogP contribution in [0.15, 0.2) is 36.7 Å². The predicted molar refractivity (Wildman–Crippen MR) is 67.2 cm³/mol. The van der Waals surface area contributed by atoms with E-state index < -0.39 is 0 Å². The van der Waals surface area contributed by atoms with Crippen molar-refractivity contribution in [3.8, 4) is 0 Å². The predicted octanol–water partition coefficient (Wildman–Crippen LogP) is 3.15. The maximum atomic E-state index is 10.6. The molecule has 0 bridgehead atoms. The van der Waals surface area contributed by atoms with Gasteiger partial charge in [-0.15, -0.1) is 0 Å². The third-order valence-corrected chi connectivity index (χ3v) is 2.90. The highest BCUT2D eigenvalue weighted by Gasteiger charge is 2.15. The van der Waals surface area contributed by atoms with E-state index >= 15 is 0 Å². The number of benzene rings is 1. The number of imidazole rings is 1. The second-order valence-corrected chi connectivity index (χ2v) is 4.10. The van der Waals surface area contributed by atoms with Crippen LogP contribution in [0, 0.1) is 0 Å². The molecule has 88 valence electrons. The number of nitrogens with zero attached hydrogens (tertiary/aromatic N) is 1. The van der Waals surface area contributed by atoms with Crippen molar-refractivity contribution < 1.29 is 4.79 Å². The number of aromatic amines is 1. The summed E-state index contributed by atoms with van der Waals surface area (Å²) in [6, 6.07) is 7.72. The highest BCUT2D eigenvalue weighted by atomic mass is 16.1. The summed E-state index contributed by atoms with van der Waals surface area (Å²) in [6.45, 7) is 2.16. The molecule has 1 aromatic carbocycles. The Labute approximate surface area is 101 Å². The summed E-state index contributed by atoms with van der Waals surface area (Å²) in [5, 5.41) is 0. The Kier molecular flexibility index (Phi) is 3.70.